The second kappa shape index (κ2) is 7.09. The standard InChI is InChI=1S/C25H19F3O2S/c26-25(27,28)18-8-11-19(12-9-18)31(29,30)20-10-5-17-7-13-22-21-4-2-1-3-16(21)6-14-23(22)24(17)15-20/h1-4,7-9,11-15,20H,5-6,10H2. The molecule has 0 radical (unpaired) electrons. The van der Waals surface area contributed by atoms with E-state index in [9.17, 15) is 21.6 Å². The fraction of sp³-hybridized carbons (Fsp3) is 0.200. The third-order valence-corrected chi connectivity index (χ3v) is 8.27. The van der Waals surface area contributed by atoms with Gasteiger partial charge in [-0.25, -0.2) is 8.42 Å². The van der Waals surface area contributed by atoms with Gasteiger partial charge in [-0.1, -0.05) is 48.6 Å². The lowest BCUT2D eigenvalue weighted by Gasteiger charge is -2.22. The molecule has 0 fully saturated rings. The molecule has 2 nitrogen and oxygen atoms in total. The Morgan fingerprint density at radius 3 is 2.29 bits per heavy atom. The molecule has 0 saturated heterocycles. The van der Waals surface area contributed by atoms with Crippen LogP contribution < -0.4 is 10.4 Å². The minimum Gasteiger partial charge on any atom is -0.223 e. The van der Waals surface area contributed by atoms with E-state index in [1.165, 1.54) is 5.56 Å². The molecule has 31 heavy (non-hydrogen) atoms. The number of benzene rings is 3. The van der Waals surface area contributed by atoms with Crippen LogP contribution in [0.4, 0.5) is 13.2 Å². The molecule has 0 bridgehead atoms. The van der Waals surface area contributed by atoms with Crippen molar-refractivity contribution < 1.29 is 21.6 Å². The van der Waals surface area contributed by atoms with Gasteiger partial charge in [-0.2, -0.15) is 13.2 Å². The van der Waals surface area contributed by atoms with Gasteiger partial charge in [-0.05, 0) is 76.2 Å². The molecule has 2 aliphatic carbocycles. The van der Waals surface area contributed by atoms with E-state index in [2.05, 4.69) is 30.3 Å². The van der Waals surface area contributed by atoms with Gasteiger partial charge in [-0.15, -0.1) is 0 Å². The summed E-state index contributed by atoms with van der Waals surface area (Å²) in [6.07, 6.45) is 1.23. The molecule has 5 rings (SSSR count). The second-order valence-corrected chi connectivity index (χ2v) is 10.1. The monoisotopic (exact) mass is 440 g/mol. The normalized spacial score (nSPS) is 17.6. The van der Waals surface area contributed by atoms with Crippen LogP contribution in [0.1, 0.15) is 23.1 Å². The highest BCUT2D eigenvalue weighted by Gasteiger charge is 2.32. The smallest absolute Gasteiger partial charge is 0.223 e. The molecule has 3 aromatic carbocycles. The highest BCUT2D eigenvalue weighted by molar-refractivity contribution is 7.92. The van der Waals surface area contributed by atoms with Gasteiger partial charge in [0.1, 0.15) is 0 Å². The Balaban J connectivity index is 1.60. The van der Waals surface area contributed by atoms with Gasteiger partial charge in [0.2, 0.25) is 0 Å². The molecule has 0 aromatic heterocycles. The number of rotatable bonds is 2. The maximum absolute atomic E-state index is 13.2. The summed E-state index contributed by atoms with van der Waals surface area (Å²) < 4.78 is 64.9. The molecule has 1 unspecified atom stereocenters. The van der Waals surface area contributed by atoms with E-state index in [0.717, 1.165) is 57.8 Å². The van der Waals surface area contributed by atoms with Crippen LogP contribution in [-0.4, -0.2) is 13.7 Å². The van der Waals surface area contributed by atoms with E-state index >= 15 is 0 Å². The first-order valence-electron chi connectivity index (χ1n) is 10.1. The molecule has 3 aromatic rings. The van der Waals surface area contributed by atoms with Gasteiger partial charge in [0.25, 0.3) is 0 Å². The fourth-order valence-electron chi connectivity index (χ4n) is 4.54. The summed E-state index contributed by atoms with van der Waals surface area (Å²) in [4.78, 5) is -0.0793. The number of hydrogen-bond donors (Lipinski definition) is 0. The zero-order valence-electron chi connectivity index (χ0n) is 16.5. The topological polar surface area (TPSA) is 34.1 Å². The molecular weight excluding hydrogens is 421 g/mol. The summed E-state index contributed by atoms with van der Waals surface area (Å²) in [6.45, 7) is 0. The van der Waals surface area contributed by atoms with Crippen LogP contribution in [0.2, 0.25) is 0 Å². The van der Waals surface area contributed by atoms with E-state index in [1.54, 1.807) is 6.08 Å². The minimum atomic E-state index is -4.50. The summed E-state index contributed by atoms with van der Waals surface area (Å²) in [5.74, 6) is 0. The Morgan fingerprint density at radius 1 is 0.806 bits per heavy atom. The van der Waals surface area contributed by atoms with Crippen molar-refractivity contribution in [2.24, 2.45) is 0 Å². The molecule has 6 heteroatoms. The first kappa shape index (κ1) is 20.1. The summed E-state index contributed by atoms with van der Waals surface area (Å²) in [7, 11) is -3.79. The molecule has 0 aliphatic heterocycles. The van der Waals surface area contributed by atoms with Crippen molar-refractivity contribution in [1.29, 1.82) is 0 Å². The van der Waals surface area contributed by atoms with Crippen molar-refractivity contribution in [2.45, 2.75) is 35.6 Å². The van der Waals surface area contributed by atoms with Crippen molar-refractivity contribution in [3.63, 3.8) is 0 Å². The Labute approximate surface area is 178 Å². The minimum absolute atomic E-state index is 0.0793. The lowest BCUT2D eigenvalue weighted by atomic mass is 9.87. The summed E-state index contributed by atoms with van der Waals surface area (Å²) in [5.41, 5.74) is 3.73. The third kappa shape index (κ3) is 3.39. The number of alkyl halides is 3. The largest absolute Gasteiger partial charge is 0.416 e. The SMILES string of the molecule is O=S(=O)(c1ccc(C(F)(F)F)cc1)C1C=c2c(ccc3c2=CCc2ccccc2-3)CC1. The summed E-state index contributed by atoms with van der Waals surface area (Å²) >= 11 is 0. The number of fused-ring (bicyclic) bond motifs is 5. The molecule has 0 heterocycles. The van der Waals surface area contributed by atoms with E-state index < -0.39 is 26.8 Å². The van der Waals surface area contributed by atoms with Crippen molar-refractivity contribution in [1.82, 2.24) is 0 Å². The maximum Gasteiger partial charge on any atom is 0.416 e. The van der Waals surface area contributed by atoms with E-state index in [4.69, 9.17) is 0 Å². The second-order valence-electron chi connectivity index (χ2n) is 7.98. The maximum atomic E-state index is 13.2. The molecule has 2 aliphatic rings. The predicted molar refractivity (Wildman–Crippen MR) is 115 cm³/mol. The first-order valence-corrected chi connectivity index (χ1v) is 11.6. The van der Waals surface area contributed by atoms with Gasteiger partial charge in [0.05, 0.1) is 15.7 Å². The first-order chi connectivity index (χ1) is 14.7. The highest BCUT2D eigenvalue weighted by Crippen LogP contribution is 2.31. The van der Waals surface area contributed by atoms with Crippen LogP contribution in [0.25, 0.3) is 23.3 Å². The van der Waals surface area contributed by atoms with E-state index in [0.29, 0.717) is 12.8 Å². The van der Waals surface area contributed by atoms with Crippen LogP contribution in [-0.2, 0) is 28.9 Å². The number of halogens is 3. The Hall–Kier alpha value is -2.86. The van der Waals surface area contributed by atoms with Crippen LogP contribution in [0, 0.1) is 0 Å². The molecule has 0 N–H and O–H groups in total. The number of aryl methyl sites for hydroxylation is 1. The Kier molecular flexibility index (Phi) is 4.59. The molecule has 158 valence electrons. The van der Waals surface area contributed by atoms with Crippen molar-refractivity contribution in [3.05, 3.63) is 87.8 Å². The van der Waals surface area contributed by atoms with Gasteiger partial charge < -0.3 is 0 Å². The van der Waals surface area contributed by atoms with E-state index in [1.807, 2.05) is 12.1 Å². The van der Waals surface area contributed by atoms with Gasteiger partial charge in [0.15, 0.2) is 9.84 Å². The van der Waals surface area contributed by atoms with Crippen LogP contribution in [0.3, 0.4) is 0 Å². The average Bonchev–Trinajstić information content (AvgIpc) is 2.77. The lowest BCUT2D eigenvalue weighted by molar-refractivity contribution is -0.137. The quantitative estimate of drug-likeness (QED) is 0.596. The van der Waals surface area contributed by atoms with Gasteiger partial charge >= 0.3 is 6.18 Å². The zero-order valence-corrected chi connectivity index (χ0v) is 17.3. The highest BCUT2D eigenvalue weighted by atomic mass is 32.2. The van der Waals surface area contributed by atoms with Gasteiger partial charge in [0, 0.05) is 0 Å². The molecule has 0 saturated carbocycles. The Morgan fingerprint density at radius 2 is 1.55 bits per heavy atom. The number of sulfone groups is 1. The molecule has 0 amide bonds. The molecule has 0 spiro atoms. The van der Waals surface area contributed by atoms with Gasteiger partial charge in [-0.3, -0.25) is 0 Å². The van der Waals surface area contributed by atoms with Crippen molar-refractivity contribution in [3.8, 4) is 11.1 Å². The van der Waals surface area contributed by atoms with Crippen molar-refractivity contribution in [2.75, 3.05) is 0 Å². The van der Waals surface area contributed by atoms with Crippen molar-refractivity contribution >= 4 is 22.0 Å². The Bertz CT molecular complexity index is 1400. The average molecular weight is 440 g/mol. The number of hydrogen-bond acceptors (Lipinski definition) is 2. The fourth-order valence-corrected chi connectivity index (χ4v) is 6.15. The third-order valence-electron chi connectivity index (χ3n) is 6.17. The summed E-state index contributed by atoms with van der Waals surface area (Å²) in [6, 6.07) is 16.1. The zero-order chi connectivity index (χ0) is 21.8. The van der Waals surface area contributed by atoms with Crippen LogP contribution in [0.5, 0.6) is 0 Å². The molecule has 1 atom stereocenters. The predicted octanol–water partition coefficient (Wildman–Crippen LogP) is 4.28. The van der Waals surface area contributed by atoms with E-state index in [-0.39, 0.29) is 4.90 Å². The summed E-state index contributed by atoms with van der Waals surface area (Å²) in [5, 5.41) is 1.20. The molecular formula is C25H19F3O2S. The van der Waals surface area contributed by atoms with Crippen LogP contribution >= 0.6 is 0 Å². The lowest BCUT2D eigenvalue weighted by Crippen LogP contribution is -2.38. The van der Waals surface area contributed by atoms with Crippen LogP contribution in [0.15, 0.2) is 65.6 Å².